The lowest BCUT2D eigenvalue weighted by Gasteiger charge is -2.18. The minimum absolute atomic E-state index is 0.0380. The van der Waals surface area contributed by atoms with Crippen molar-refractivity contribution in [2.24, 2.45) is 5.14 Å². The number of carbonyl (C=O) groups excluding carboxylic acids is 2. The zero-order chi connectivity index (χ0) is 31.0. The predicted octanol–water partition coefficient (Wildman–Crippen LogP) is 4.32. The number of nitrogens with two attached hydrogens (primary N) is 1. The van der Waals surface area contributed by atoms with E-state index >= 15 is 0 Å². The summed E-state index contributed by atoms with van der Waals surface area (Å²) >= 11 is 2.58. The number of benzene rings is 2. The average Bonchev–Trinajstić information content (AvgIpc) is 3.46. The highest BCUT2D eigenvalue weighted by Gasteiger charge is 2.23. The highest BCUT2D eigenvalue weighted by atomic mass is 32.2. The Bertz CT molecular complexity index is 1750. The third kappa shape index (κ3) is 8.53. The van der Waals surface area contributed by atoms with E-state index in [1.165, 1.54) is 35.2 Å². The average molecular weight is 642 g/mol. The number of aromatic nitrogens is 2. The molecule has 0 radical (unpaired) electrons. The molecule has 228 valence electrons. The molecule has 0 aliphatic rings. The Morgan fingerprint density at radius 1 is 1.09 bits per heavy atom. The lowest BCUT2D eigenvalue weighted by Crippen LogP contribution is -2.29. The number of amides is 2. The van der Waals surface area contributed by atoms with Gasteiger partial charge in [0, 0.05) is 25.2 Å². The molecule has 0 fully saturated rings. The molecule has 10 nitrogen and oxygen atoms in total. The van der Waals surface area contributed by atoms with Gasteiger partial charge >= 0.3 is 0 Å². The number of para-hydroxylation sites is 1. The molecular weight excluding hydrogens is 607 g/mol. The van der Waals surface area contributed by atoms with Crippen LogP contribution in [0.15, 0.2) is 74.8 Å². The lowest BCUT2D eigenvalue weighted by molar-refractivity contribution is -0.121. The van der Waals surface area contributed by atoms with E-state index in [2.05, 4.69) is 10.6 Å². The van der Waals surface area contributed by atoms with Crippen LogP contribution in [0.1, 0.15) is 44.2 Å². The molecule has 1 atom stereocenters. The van der Waals surface area contributed by atoms with E-state index < -0.39 is 15.3 Å². The molecule has 2 amide bonds. The first kappa shape index (κ1) is 32.4. The Morgan fingerprint density at radius 3 is 2.53 bits per heavy atom. The number of primary sulfonamides is 1. The van der Waals surface area contributed by atoms with E-state index in [1.54, 1.807) is 22.8 Å². The fourth-order valence-corrected chi connectivity index (χ4v) is 6.84. The molecule has 4 aromatic rings. The molecule has 2 aromatic heterocycles. The van der Waals surface area contributed by atoms with Crippen molar-refractivity contribution in [2.45, 2.75) is 67.8 Å². The van der Waals surface area contributed by atoms with Gasteiger partial charge in [0.2, 0.25) is 21.8 Å². The quantitative estimate of drug-likeness (QED) is 0.137. The summed E-state index contributed by atoms with van der Waals surface area (Å²) in [6.07, 6.45) is 2.47. The van der Waals surface area contributed by atoms with Gasteiger partial charge in [-0.1, -0.05) is 55.9 Å². The molecule has 0 unspecified atom stereocenters. The number of rotatable bonds is 14. The van der Waals surface area contributed by atoms with Crippen LogP contribution in [0, 0.1) is 0 Å². The second kappa shape index (κ2) is 14.8. The summed E-state index contributed by atoms with van der Waals surface area (Å²) in [5, 5.41) is 12.8. The van der Waals surface area contributed by atoms with Crippen LogP contribution in [0.3, 0.4) is 0 Å². The molecule has 2 heterocycles. The van der Waals surface area contributed by atoms with E-state index in [9.17, 15) is 22.8 Å². The van der Waals surface area contributed by atoms with Crippen LogP contribution in [-0.4, -0.2) is 41.6 Å². The van der Waals surface area contributed by atoms with Crippen LogP contribution >= 0.6 is 23.1 Å². The van der Waals surface area contributed by atoms with Gasteiger partial charge < -0.3 is 10.6 Å². The van der Waals surface area contributed by atoms with E-state index in [0.717, 1.165) is 23.2 Å². The number of anilines is 1. The van der Waals surface area contributed by atoms with E-state index in [4.69, 9.17) is 10.1 Å². The van der Waals surface area contributed by atoms with Crippen molar-refractivity contribution >= 4 is 60.8 Å². The first-order chi connectivity index (χ1) is 20.6. The second-order valence-electron chi connectivity index (χ2n) is 9.89. The number of thioether (sulfide) groups is 1. The minimum Gasteiger partial charge on any atom is -0.356 e. The van der Waals surface area contributed by atoms with Crippen LogP contribution < -0.4 is 21.3 Å². The first-order valence-electron chi connectivity index (χ1n) is 14.0. The Balaban J connectivity index is 1.38. The van der Waals surface area contributed by atoms with Gasteiger partial charge in [-0.05, 0) is 66.5 Å². The molecule has 0 aliphatic carbocycles. The van der Waals surface area contributed by atoms with Gasteiger partial charge in [-0.25, -0.2) is 18.5 Å². The number of nitrogens with zero attached hydrogens (tertiary/aromatic N) is 2. The number of aryl methyl sites for hydroxylation is 1. The molecule has 2 aromatic carbocycles. The number of nitrogens with one attached hydrogen (secondary N) is 2. The largest absolute Gasteiger partial charge is 0.356 e. The van der Waals surface area contributed by atoms with Gasteiger partial charge in [-0.15, -0.1) is 11.3 Å². The van der Waals surface area contributed by atoms with Crippen molar-refractivity contribution in [1.82, 2.24) is 14.9 Å². The van der Waals surface area contributed by atoms with Gasteiger partial charge in [0.1, 0.15) is 4.70 Å². The number of carbonyl (C=O) groups is 2. The predicted molar refractivity (Wildman–Crippen MR) is 172 cm³/mol. The maximum absolute atomic E-state index is 13.4. The Hall–Kier alpha value is -3.52. The maximum atomic E-state index is 13.4. The zero-order valence-electron chi connectivity index (χ0n) is 24.0. The third-order valence-electron chi connectivity index (χ3n) is 6.87. The summed E-state index contributed by atoms with van der Waals surface area (Å²) in [5.74, 6) is -0.313. The molecule has 4 N–H and O–H groups in total. The second-order valence-corrected chi connectivity index (χ2v) is 13.5. The SMILES string of the molecule is CCc1ccccc1NC(=O)[C@@H](CC)Sc1nc2ccsc2c(=O)n1CCCC(=O)NCCc1ccc(S(N)(=O)=O)cc1. The topological polar surface area (TPSA) is 153 Å². The summed E-state index contributed by atoms with van der Waals surface area (Å²) in [4.78, 5) is 43.9. The normalized spacial score (nSPS) is 12.3. The molecule has 0 bridgehead atoms. The molecule has 0 saturated carbocycles. The molecule has 0 spiro atoms. The van der Waals surface area contributed by atoms with Crippen molar-refractivity contribution in [3.8, 4) is 0 Å². The fraction of sp³-hybridized carbons (Fsp3) is 0.333. The summed E-state index contributed by atoms with van der Waals surface area (Å²) in [7, 11) is -3.75. The van der Waals surface area contributed by atoms with Crippen molar-refractivity contribution in [3.05, 3.63) is 81.5 Å². The number of thiophene rings is 1. The smallest absolute Gasteiger partial charge is 0.272 e. The maximum Gasteiger partial charge on any atom is 0.272 e. The van der Waals surface area contributed by atoms with Gasteiger partial charge in [-0.2, -0.15) is 0 Å². The molecule has 43 heavy (non-hydrogen) atoms. The molecule has 0 aliphatic heterocycles. The summed E-state index contributed by atoms with van der Waals surface area (Å²) in [6, 6.07) is 15.7. The third-order valence-corrected chi connectivity index (χ3v) is 10.0. The van der Waals surface area contributed by atoms with Crippen LogP contribution in [-0.2, 0) is 39.0 Å². The van der Waals surface area contributed by atoms with Crippen molar-refractivity contribution in [3.63, 3.8) is 0 Å². The lowest BCUT2D eigenvalue weighted by atomic mass is 10.1. The van der Waals surface area contributed by atoms with E-state index in [-0.39, 0.29) is 35.2 Å². The first-order valence-corrected chi connectivity index (χ1v) is 17.3. The van der Waals surface area contributed by atoms with Crippen LogP contribution in [0.5, 0.6) is 0 Å². The monoisotopic (exact) mass is 641 g/mol. The highest BCUT2D eigenvalue weighted by Crippen LogP contribution is 2.28. The van der Waals surface area contributed by atoms with Crippen LogP contribution in [0.4, 0.5) is 5.69 Å². The molecule has 4 rings (SSSR count). The fourth-order valence-electron chi connectivity index (χ4n) is 4.50. The molecular formula is C30H35N5O5S3. The Kier molecular flexibility index (Phi) is 11.1. The number of hydrogen-bond acceptors (Lipinski definition) is 8. The summed E-state index contributed by atoms with van der Waals surface area (Å²) in [5.41, 5.74) is 3.10. The Labute approximate surface area is 259 Å². The van der Waals surface area contributed by atoms with Crippen LogP contribution in [0.2, 0.25) is 0 Å². The van der Waals surface area contributed by atoms with Crippen molar-refractivity contribution < 1.29 is 18.0 Å². The number of hydrogen-bond donors (Lipinski definition) is 3. The minimum atomic E-state index is -3.75. The van der Waals surface area contributed by atoms with Gasteiger partial charge in [0.25, 0.3) is 5.56 Å². The zero-order valence-corrected chi connectivity index (χ0v) is 26.5. The van der Waals surface area contributed by atoms with Gasteiger partial charge in [0.15, 0.2) is 5.16 Å². The van der Waals surface area contributed by atoms with E-state index in [1.807, 2.05) is 43.5 Å². The highest BCUT2D eigenvalue weighted by molar-refractivity contribution is 8.00. The Morgan fingerprint density at radius 2 is 1.84 bits per heavy atom. The summed E-state index contributed by atoms with van der Waals surface area (Å²) < 4.78 is 24.9. The van der Waals surface area contributed by atoms with Gasteiger partial charge in [0.05, 0.1) is 15.7 Å². The van der Waals surface area contributed by atoms with Crippen LogP contribution in [0.25, 0.3) is 10.2 Å². The standard InChI is InChI=1S/C30H35N5O5S3/c1-3-21-8-5-6-9-23(21)33-28(37)25(4-2)42-30-34-24-16-19-41-27(24)29(38)35(30)18-7-10-26(36)32-17-15-20-11-13-22(14-12-20)43(31,39)40/h5-6,8-9,11-14,16,19,25H,3-4,7,10,15,17-18H2,1-2H3,(H,32,36)(H,33,37)(H2,31,39,40)/t25-/m1/s1. The summed E-state index contributed by atoms with van der Waals surface area (Å²) in [6.45, 7) is 4.62. The number of fused-ring (bicyclic) bond motifs is 1. The molecule has 0 saturated heterocycles. The van der Waals surface area contributed by atoms with Crippen molar-refractivity contribution in [2.75, 3.05) is 11.9 Å². The van der Waals surface area contributed by atoms with E-state index in [0.29, 0.717) is 41.2 Å². The molecule has 13 heteroatoms. The van der Waals surface area contributed by atoms with Gasteiger partial charge in [-0.3, -0.25) is 19.0 Å². The number of sulfonamides is 1. The van der Waals surface area contributed by atoms with Crippen molar-refractivity contribution in [1.29, 1.82) is 0 Å².